The molecule has 268 valence electrons. The first-order chi connectivity index (χ1) is 23.3. The second-order valence-corrected chi connectivity index (χ2v) is 18.2. The number of nitrogens with zero attached hydrogens (tertiary/aromatic N) is 2. The van der Waals surface area contributed by atoms with Crippen LogP contribution in [0, 0.1) is 0 Å². The molecule has 2 aromatic rings. The van der Waals surface area contributed by atoms with Gasteiger partial charge in [0.05, 0.1) is 22.4 Å². The molecule has 0 spiro atoms. The van der Waals surface area contributed by atoms with Crippen molar-refractivity contribution in [3.8, 4) is 0 Å². The van der Waals surface area contributed by atoms with Gasteiger partial charge in [0, 0.05) is 51.7 Å². The molecule has 0 bridgehead atoms. The number of carboxylic acid groups (broad SMARTS) is 1. The van der Waals surface area contributed by atoms with Gasteiger partial charge in [0.1, 0.15) is 6.54 Å². The van der Waals surface area contributed by atoms with Crippen molar-refractivity contribution in [2.45, 2.75) is 78.1 Å². The van der Waals surface area contributed by atoms with Crippen molar-refractivity contribution in [3.05, 3.63) is 93.6 Å². The van der Waals surface area contributed by atoms with Gasteiger partial charge in [-0.1, -0.05) is 26.0 Å². The molecule has 2 aromatic carbocycles. The molecule has 3 aliphatic rings. The number of anilines is 1. The topological polar surface area (TPSA) is 159 Å². The van der Waals surface area contributed by atoms with E-state index < -0.39 is 32.0 Å². The molecular formula is C37H47N2O8P2S+. The molecule has 0 amide bonds. The van der Waals surface area contributed by atoms with Crippen LogP contribution in [0.15, 0.2) is 82.5 Å². The Morgan fingerprint density at radius 2 is 1.54 bits per heavy atom. The minimum absolute atomic E-state index is 0.000908. The maximum atomic E-state index is 12.1. The molecule has 0 saturated carbocycles. The van der Waals surface area contributed by atoms with Crippen molar-refractivity contribution in [2.24, 2.45) is 0 Å². The minimum atomic E-state index is -4.42. The van der Waals surface area contributed by atoms with Gasteiger partial charge in [0.25, 0.3) is 0 Å². The quantitative estimate of drug-likeness (QED) is 0.127. The van der Waals surface area contributed by atoms with E-state index in [0.29, 0.717) is 18.8 Å². The van der Waals surface area contributed by atoms with Gasteiger partial charge in [0.15, 0.2) is 5.71 Å². The normalized spacial score (nSPS) is 20.4. The third-order valence-electron chi connectivity index (χ3n) is 9.98. The van der Waals surface area contributed by atoms with Crippen molar-refractivity contribution in [3.63, 3.8) is 0 Å². The van der Waals surface area contributed by atoms with Crippen LogP contribution in [0.2, 0.25) is 0 Å². The number of rotatable bonds is 11. The number of likely N-dealkylation sites (N-methyl/N-ethyl adjacent to an activating group) is 1. The lowest BCUT2D eigenvalue weighted by atomic mass is 9.81. The van der Waals surface area contributed by atoms with Gasteiger partial charge in [0.2, 0.25) is 5.69 Å². The Bertz CT molecular complexity index is 1980. The third-order valence-corrected chi connectivity index (χ3v) is 13.1. The fourth-order valence-electron chi connectivity index (χ4n) is 7.38. The highest BCUT2D eigenvalue weighted by molar-refractivity contribution is 8.03. The number of carbonyl (C=O) groups is 1. The molecular weight excluding hydrogens is 694 g/mol. The second kappa shape index (κ2) is 14.2. The molecule has 5 N–H and O–H groups in total. The summed E-state index contributed by atoms with van der Waals surface area (Å²) in [7, 11) is -8.85. The fraction of sp³-hybridized carbons (Fsp3) is 0.405. The summed E-state index contributed by atoms with van der Waals surface area (Å²) >= 11 is 1.54. The summed E-state index contributed by atoms with van der Waals surface area (Å²) in [6.07, 6.45) is 11.0. The van der Waals surface area contributed by atoms with Crippen LogP contribution in [-0.4, -0.2) is 59.8 Å². The van der Waals surface area contributed by atoms with Gasteiger partial charge in [-0.05, 0) is 100 Å². The molecule has 50 heavy (non-hydrogen) atoms. The van der Waals surface area contributed by atoms with E-state index >= 15 is 0 Å². The number of hydrogen-bond donors (Lipinski definition) is 5. The van der Waals surface area contributed by atoms with E-state index in [-0.39, 0.29) is 17.0 Å². The largest absolute Gasteiger partial charge is 0.481 e. The summed E-state index contributed by atoms with van der Waals surface area (Å²) in [4.78, 5) is 54.2. The van der Waals surface area contributed by atoms with Crippen LogP contribution in [0.5, 0.6) is 0 Å². The minimum Gasteiger partial charge on any atom is -0.481 e. The zero-order valence-corrected chi connectivity index (χ0v) is 32.0. The zero-order chi connectivity index (χ0) is 36.8. The van der Waals surface area contributed by atoms with Crippen LogP contribution in [0.25, 0.3) is 0 Å². The Hall–Kier alpha value is -3.01. The lowest BCUT2D eigenvalue weighted by molar-refractivity contribution is -0.433. The molecule has 5 rings (SSSR count). The molecule has 0 atom stereocenters. The van der Waals surface area contributed by atoms with Crippen molar-refractivity contribution < 1.29 is 43.2 Å². The first kappa shape index (κ1) is 38.2. The van der Waals surface area contributed by atoms with Crippen molar-refractivity contribution in [1.29, 1.82) is 0 Å². The smallest absolute Gasteiger partial charge is 0.356 e. The standard InChI is InChI=1S/C37H46N2O8P2S/c1-7-38-30-16-14-26(48(42,43)44)22-28(30)36(3,4)32(38)18-12-24-10-9-11-25(35(24)50-21-20-34(40)41)13-19-33-37(5,6)29-23-27(49(45,46)47)15-17-31(29)39(33)8-2/h12-19,22-23H,7-11,20-21H2,1-6H3,(H4-,40,41,42,43,44,45,46,47)/p+1. The Morgan fingerprint density at radius 3 is 2.14 bits per heavy atom. The molecule has 13 heteroatoms. The van der Waals surface area contributed by atoms with E-state index in [0.717, 1.165) is 69.2 Å². The van der Waals surface area contributed by atoms with Crippen LogP contribution in [0.4, 0.5) is 11.4 Å². The molecule has 0 saturated heterocycles. The van der Waals surface area contributed by atoms with Gasteiger partial charge in [-0.25, -0.2) is 0 Å². The molecule has 1 aliphatic carbocycles. The van der Waals surface area contributed by atoms with Crippen LogP contribution in [-0.2, 0) is 24.8 Å². The van der Waals surface area contributed by atoms with Crippen LogP contribution in [0.1, 0.15) is 78.4 Å². The summed E-state index contributed by atoms with van der Waals surface area (Å²) in [6, 6.07) is 9.81. The molecule has 2 heterocycles. The van der Waals surface area contributed by atoms with E-state index in [1.807, 2.05) is 13.8 Å². The van der Waals surface area contributed by atoms with Gasteiger partial charge in [-0.2, -0.15) is 4.58 Å². The Morgan fingerprint density at radius 1 is 0.900 bits per heavy atom. The number of thioether (sulfide) groups is 1. The van der Waals surface area contributed by atoms with Crippen molar-refractivity contribution >= 4 is 60.6 Å². The van der Waals surface area contributed by atoms with Gasteiger partial charge >= 0.3 is 21.2 Å². The first-order valence-electron chi connectivity index (χ1n) is 16.8. The lowest BCUT2D eigenvalue weighted by Gasteiger charge is -2.26. The monoisotopic (exact) mass is 741 g/mol. The highest BCUT2D eigenvalue weighted by atomic mass is 32.2. The first-order valence-corrected chi connectivity index (χ1v) is 21.0. The summed E-state index contributed by atoms with van der Waals surface area (Å²) in [6.45, 7) is 13.7. The molecule has 0 unspecified atom stereocenters. The van der Waals surface area contributed by atoms with Crippen molar-refractivity contribution in [1.82, 2.24) is 0 Å². The van der Waals surface area contributed by atoms with Crippen LogP contribution in [0.3, 0.4) is 0 Å². The zero-order valence-electron chi connectivity index (χ0n) is 29.4. The Kier molecular flexibility index (Phi) is 10.8. The summed E-state index contributed by atoms with van der Waals surface area (Å²) < 4.78 is 26.4. The molecule has 0 fully saturated rings. The average molecular weight is 742 g/mol. The third kappa shape index (κ3) is 7.33. The van der Waals surface area contributed by atoms with Gasteiger partial charge < -0.3 is 29.6 Å². The van der Waals surface area contributed by atoms with Gasteiger partial charge in [-0.3, -0.25) is 13.9 Å². The maximum Gasteiger partial charge on any atom is 0.356 e. The summed E-state index contributed by atoms with van der Waals surface area (Å²) in [5.74, 6) is -0.439. The average Bonchev–Trinajstić information content (AvgIpc) is 3.39. The van der Waals surface area contributed by atoms with Crippen molar-refractivity contribution in [2.75, 3.05) is 23.7 Å². The van der Waals surface area contributed by atoms with E-state index in [4.69, 9.17) is 0 Å². The van der Waals surface area contributed by atoms with Crippen LogP contribution >= 0.6 is 27.0 Å². The van der Waals surface area contributed by atoms with E-state index in [9.17, 15) is 38.6 Å². The van der Waals surface area contributed by atoms with E-state index in [1.165, 1.54) is 12.1 Å². The summed E-state index contributed by atoms with van der Waals surface area (Å²) in [5, 5.41) is 9.43. The predicted octanol–water partition coefficient (Wildman–Crippen LogP) is 6.52. The van der Waals surface area contributed by atoms with Gasteiger partial charge in [-0.15, -0.1) is 11.8 Å². The lowest BCUT2D eigenvalue weighted by Crippen LogP contribution is -2.28. The Labute approximate surface area is 298 Å². The summed E-state index contributed by atoms with van der Waals surface area (Å²) in [5.41, 5.74) is 6.75. The maximum absolute atomic E-state index is 12.1. The fourth-order valence-corrected chi connectivity index (χ4v) is 9.70. The Balaban J connectivity index is 1.57. The number of aliphatic carboxylic acids is 1. The molecule has 0 radical (unpaired) electrons. The van der Waals surface area contributed by atoms with Crippen LogP contribution < -0.4 is 15.5 Å². The number of benzene rings is 2. The van der Waals surface area contributed by atoms with E-state index in [1.54, 1.807) is 36.0 Å². The SMILES string of the molecule is CCN1/C(=C\C=C2/CCCC(/C=C/C3=[N+](CC)c4ccc(P(=O)(O)O)cc4C3(C)C)=C2SCCC(=O)O)C(C)(C)c2cc(P(=O)(O)O)ccc21. The second-order valence-electron chi connectivity index (χ2n) is 13.9. The number of fused-ring (bicyclic) bond motifs is 2. The molecule has 0 aromatic heterocycles. The predicted molar refractivity (Wildman–Crippen MR) is 202 cm³/mol. The van der Waals surface area contributed by atoms with E-state index in [2.05, 4.69) is 61.5 Å². The number of carboxylic acids is 1. The number of hydrogen-bond acceptors (Lipinski definition) is 5. The number of allylic oxidation sites excluding steroid dienone is 7. The molecule has 10 nitrogen and oxygen atoms in total. The highest BCUT2D eigenvalue weighted by Crippen LogP contribution is 2.49. The molecule has 2 aliphatic heterocycles. The highest BCUT2D eigenvalue weighted by Gasteiger charge is 2.45.